The van der Waals surface area contributed by atoms with Crippen LogP contribution in [0.2, 0.25) is 5.02 Å². The van der Waals surface area contributed by atoms with Gasteiger partial charge in [-0.1, -0.05) is 30.2 Å². The predicted octanol–water partition coefficient (Wildman–Crippen LogP) is 4.04. The van der Waals surface area contributed by atoms with Crippen LogP contribution >= 0.6 is 11.6 Å². The normalized spacial score (nSPS) is 18.0. The molecule has 0 spiro atoms. The topological polar surface area (TPSA) is 58.6 Å². The molecule has 1 amide bonds. The van der Waals surface area contributed by atoms with Crippen molar-refractivity contribution in [2.45, 2.75) is 63.5 Å². The minimum atomic E-state index is -0.876. The third-order valence-electron chi connectivity index (χ3n) is 4.60. The Kier molecular flexibility index (Phi) is 5.58. The maximum Gasteiger partial charge on any atom is 0.407 e. The number of nitrogens with one attached hydrogen (secondary N) is 1. The third-order valence-corrected chi connectivity index (χ3v) is 4.86. The lowest BCUT2D eigenvalue weighted by atomic mass is 9.58. The fraction of sp³-hybridized carbons (Fsp3) is 0.611. The van der Waals surface area contributed by atoms with E-state index in [1.165, 1.54) is 0 Å². The molecule has 4 nitrogen and oxygen atoms in total. The first-order chi connectivity index (χ1) is 10.8. The highest BCUT2D eigenvalue weighted by molar-refractivity contribution is 6.30. The fourth-order valence-electron chi connectivity index (χ4n) is 3.38. The quantitative estimate of drug-likeness (QED) is 0.822. The Labute approximate surface area is 143 Å². The van der Waals surface area contributed by atoms with Gasteiger partial charge in [0.25, 0.3) is 0 Å². The molecule has 1 unspecified atom stereocenters. The van der Waals surface area contributed by atoms with Gasteiger partial charge in [0, 0.05) is 16.5 Å². The summed E-state index contributed by atoms with van der Waals surface area (Å²) in [5, 5.41) is 14.0. The molecule has 0 aliphatic heterocycles. The number of ether oxygens (including phenoxy) is 1. The van der Waals surface area contributed by atoms with Crippen LogP contribution in [0.5, 0.6) is 0 Å². The van der Waals surface area contributed by atoms with Crippen molar-refractivity contribution in [2.24, 2.45) is 0 Å². The van der Waals surface area contributed by atoms with Crippen molar-refractivity contribution in [1.82, 2.24) is 5.32 Å². The van der Waals surface area contributed by atoms with E-state index in [0.717, 1.165) is 24.8 Å². The van der Waals surface area contributed by atoms with Gasteiger partial charge in [0.1, 0.15) is 0 Å². The smallest absolute Gasteiger partial charge is 0.407 e. The second kappa shape index (κ2) is 7.10. The molecular formula is C18H26ClNO3. The fourth-order valence-corrected chi connectivity index (χ4v) is 3.50. The van der Waals surface area contributed by atoms with Crippen molar-refractivity contribution in [2.75, 3.05) is 6.61 Å². The molecule has 2 rings (SSSR count). The number of aliphatic hydroxyl groups is 1. The Hall–Kier alpha value is -1.26. The summed E-state index contributed by atoms with van der Waals surface area (Å²) < 4.78 is 5.05. The molecule has 0 radical (unpaired) electrons. The van der Waals surface area contributed by atoms with Gasteiger partial charge in [-0.3, -0.25) is 0 Å². The summed E-state index contributed by atoms with van der Waals surface area (Å²) in [6.45, 7) is 5.64. The minimum absolute atomic E-state index is 0.169. The van der Waals surface area contributed by atoms with Crippen molar-refractivity contribution in [1.29, 1.82) is 0 Å². The Morgan fingerprint density at radius 2 is 2.00 bits per heavy atom. The van der Waals surface area contributed by atoms with E-state index >= 15 is 0 Å². The Morgan fingerprint density at radius 3 is 2.43 bits per heavy atom. The number of alkyl carbamates (subject to hydrolysis) is 1. The summed E-state index contributed by atoms with van der Waals surface area (Å²) in [4.78, 5) is 12.0. The van der Waals surface area contributed by atoms with Crippen molar-refractivity contribution >= 4 is 17.7 Å². The summed E-state index contributed by atoms with van der Waals surface area (Å²) in [6, 6.07) is 7.61. The van der Waals surface area contributed by atoms with Gasteiger partial charge in [-0.05, 0) is 57.7 Å². The molecule has 23 heavy (non-hydrogen) atoms. The van der Waals surface area contributed by atoms with Crippen molar-refractivity contribution < 1.29 is 14.6 Å². The average molecular weight is 340 g/mol. The monoisotopic (exact) mass is 339 g/mol. The number of rotatable bonds is 6. The highest BCUT2D eigenvalue weighted by atomic mass is 35.5. The molecule has 1 aromatic rings. The Morgan fingerprint density at radius 1 is 1.39 bits per heavy atom. The molecule has 1 atom stereocenters. The molecule has 1 aromatic carbocycles. The zero-order valence-electron chi connectivity index (χ0n) is 14.1. The second-order valence-corrected chi connectivity index (χ2v) is 7.39. The van der Waals surface area contributed by atoms with Gasteiger partial charge >= 0.3 is 6.09 Å². The summed E-state index contributed by atoms with van der Waals surface area (Å²) >= 11 is 6.00. The molecule has 2 N–H and O–H groups in total. The second-order valence-electron chi connectivity index (χ2n) is 6.95. The van der Waals surface area contributed by atoms with Gasteiger partial charge in [0.15, 0.2) is 0 Å². The number of carbonyl (C=O) groups excluding carboxylic acids is 1. The van der Waals surface area contributed by atoms with Gasteiger partial charge in [-0.25, -0.2) is 4.79 Å². The Bertz CT molecular complexity index is 532. The summed E-state index contributed by atoms with van der Waals surface area (Å²) in [7, 11) is 0. The van der Waals surface area contributed by atoms with E-state index in [4.69, 9.17) is 16.3 Å². The summed E-state index contributed by atoms with van der Waals surface area (Å²) in [5.41, 5.74) is 0.107. The highest BCUT2D eigenvalue weighted by Crippen LogP contribution is 2.48. The molecule has 1 aliphatic carbocycles. The van der Waals surface area contributed by atoms with E-state index in [2.05, 4.69) is 5.32 Å². The number of halogens is 1. The highest BCUT2D eigenvalue weighted by Gasteiger charge is 2.47. The lowest BCUT2D eigenvalue weighted by Crippen LogP contribution is -2.56. The zero-order chi connectivity index (χ0) is 17.1. The molecule has 1 fully saturated rings. The van der Waals surface area contributed by atoms with Crippen LogP contribution in [0.1, 0.15) is 52.0 Å². The van der Waals surface area contributed by atoms with E-state index in [-0.39, 0.29) is 11.5 Å². The molecule has 0 aromatic heterocycles. The van der Waals surface area contributed by atoms with Gasteiger partial charge in [-0.15, -0.1) is 0 Å². The van der Waals surface area contributed by atoms with Crippen LogP contribution in [0.3, 0.4) is 0 Å². The van der Waals surface area contributed by atoms with E-state index in [1.54, 1.807) is 20.8 Å². The maximum atomic E-state index is 12.0. The van der Waals surface area contributed by atoms with Gasteiger partial charge in [-0.2, -0.15) is 0 Å². The molecule has 5 heteroatoms. The van der Waals surface area contributed by atoms with Crippen LogP contribution in [-0.4, -0.2) is 29.4 Å². The SMILES string of the molecule is CCOC(=O)NC(CC(C)(C)O)C1(c2ccc(Cl)cc2)CCC1. The standard InChI is InChI=1S/C18H26ClNO3/c1-4-23-16(21)20-15(12-17(2,3)22)18(10-5-11-18)13-6-8-14(19)9-7-13/h6-9,15,22H,4-5,10-12H2,1-3H3,(H,20,21). The van der Waals surface area contributed by atoms with E-state index in [1.807, 2.05) is 24.3 Å². The van der Waals surface area contributed by atoms with Crippen LogP contribution in [0.25, 0.3) is 0 Å². The average Bonchev–Trinajstić information content (AvgIpc) is 2.38. The first-order valence-electron chi connectivity index (χ1n) is 8.18. The maximum absolute atomic E-state index is 12.0. The molecule has 128 valence electrons. The van der Waals surface area contributed by atoms with Crippen molar-refractivity contribution in [3.05, 3.63) is 34.9 Å². The van der Waals surface area contributed by atoms with Gasteiger partial charge < -0.3 is 15.2 Å². The van der Waals surface area contributed by atoms with E-state index in [0.29, 0.717) is 18.1 Å². The minimum Gasteiger partial charge on any atom is -0.450 e. The number of amides is 1. The Balaban J connectivity index is 2.30. The number of hydrogen-bond donors (Lipinski definition) is 2. The number of carbonyl (C=O) groups is 1. The van der Waals surface area contributed by atoms with E-state index in [9.17, 15) is 9.90 Å². The van der Waals surface area contributed by atoms with Crippen LogP contribution in [0, 0.1) is 0 Å². The largest absolute Gasteiger partial charge is 0.450 e. The molecular weight excluding hydrogens is 314 g/mol. The number of benzene rings is 1. The molecule has 1 saturated carbocycles. The number of hydrogen-bond acceptors (Lipinski definition) is 3. The lowest BCUT2D eigenvalue weighted by molar-refractivity contribution is 0.0307. The first kappa shape index (κ1) is 18.1. The predicted molar refractivity (Wildman–Crippen MR) is 91.8 cm³/mol. The van der Waals surface area contributed by atoms with Crippen LogP contribution in [0.15, 0.2) is 24.3 Å². The van der Waals surface area contributed by atoms with Gasteiger partial charge in [0.05, 0.1) is 12.2 Å². The third kappa shape index (κ3) is 4.39. The van der Waals surface area contributed by atoms with Crippen LogP contribution in [-0.2, 0) is 10.2 Å². The van der Waals surface area contributed by atoms with E-state index < -0.39 is 11.7 Å². The summed E-state index contributed by atoms with van der Waals surface area (Å²) in [6.07, 6.45) is 3.09. The molecule has 0 saturated heterocycles. The van der Waals surface area contributed by atoms with Crippen LogP contribution < -0.4 is 5.32 Å². The molecule has 1 aliphatic rings. The van der Waals surface area contributed by atoms with Crippen molar-refractivity contribution in [3.8, 4) is 0 Å². The zero-order valence-corrected chi connectivity index (χ0v) is 14.8. The van der Waals surface area contributed by atoms with Crippen LogP contribution in [0.4, 0.5) is 4.79 Å². The summed E-state index contributed by atoms with van der Waals surface area (Å²) in [5.74, 6) is 0. The van der Waals surface area contributed by atoms with Crippen molar-refractivity contribution in [3.63, 3.8) is 0 Å². The lowest BCUT2D eigenvalue weighted by Gasteiger charge is -2.49. The molecule has 0 heterocycles. The van der Waals surface area contributed by atoms with Gasteiger partial charge in [0.2, 0.25) is 0 Å². The first-order valence-corrected chi connectivity index (χ1v) is 8.56. The molecule has 0 bridgehead atoms.